The third-order valence-corrected chi connectivity index (χ3v) is 4.26. The summed E-state index contributed by atoms with van der Waals surface area (Å²) in [6.45, 7) is 4.24. The Labute approximate surface area is 124 Å². The molecule has 0 aliphatic heterocycles. The molecule has 20 heavy (non-hydrogen) atoms. The van der Waals surface area contributed by atoms with E-state index >= 15 is 0 Å². The summed E-state index contributed by atoms with van der Waals surface area (Å²) in [5.41, 5.74) is 3.35. The Hall–Kier alpha value is -1.86. The van der Waals surface area contributed by atoms with Gasteiger partial charge in [0.05, 0.1) is 18.2 Å². The second-order valence-electron chi connectivity index (χ2n) is 5.26. The average Bonchev–Trinajstić information content (AvgIpc) is 2.83. The van der Waals surface area contributed by atoms with Crippen LogP contribution in [0, 0.1) is 11.3 Å². The van der Waals surface area contributed by atoms with E-state index in [0.29, 0.717) is 12.3 Å². The van der Waals surface area contributed by atoms with E-state index in [4.69, 9.17) is 10.2 Å². The lowest BCUT2D eigenvalue weighted by Crippen LogP contribution is -2.07. The number of benzene rings is 1. The van der Waals surface area contributed by atoms with Crippen LogP contribution in [-0.4, -0.2) is 19.1 Å². The molecule has 0 amide bonds. The van der Waals surface area contributed by atoms with E-state index in [0.717, 1.165) is 21.1 Å². The zero-order chi connectivity index (χ0) is 14.7. The van der Waals surface area contributed by atoms with Crippen molar-refractivity contribution in [3.05, 3.63) is 34.8 Å². The van der Waals surface area contributed by atoms with Crippen LogP contribution in [0.25, 0.3) is 10.6 Å². The van der Waals surface area contributed by atoms with Crippen molar-refractivity contribution in [1.82, 2.24) is 4.98 Å². The Morgan fingerprint density at radius 3 is 2.40 bits per heavy atom. The van der Waals surface area contributed by atoms with Gasteiger partial charge in [0.2, 0.25) is 0 Å². The van der Waals surface area contributed by atoms with Crippen LogP contribution in [0.1, 0.15) is 30.3 Å². The number of anilines is 1. The van der Waals surface area contributed by atoms with Gasteiger partial charge in [0, 0.05) is 30.2 Å². The van der Waals surface area contributed by atoms with Crippen LogP contribution < -0.4 is 4.90 Å². The summed E-state index contributed by atoms with van der Waals surface area (Å²) in [5, 5.41) is 9.93. The second-order valence-corrected chi connectivity index (χ2v) is 6.34. The maximum absolute atomic E-state index is 8.93. The molecule has 3 nitrogen and oxygen atoms in total. The van der Waals surface area contributed by atoms with E-state index in [2.05, 4.69) is 49.1 Å². The van der Waals surface area contributed by atoms with Crippen molar-refractivity contribution in [2.24, 2.45) is 0 Å². The minimum atomic E-state index is 0.351. The van der Waals surface area contributed by atoms with Gasteiger partial charge in [-0.1, -0.05) is 13.8 Å². The van der Waals surface area contributed by atoms with Crippen LogP contribution in [-0.2, 0) is 6.42 Å². The molecule has 0 N–H and O–H groups in total. The SMILES string of the molecule is CC(C)c1nc(-c2ccc(N(C)C)cc2)sc1CC#N. The third kappa shape index (κ3) is 3.00. The van der Waals surface area contributed by atoms with Crippen LogP contribution in [0.2, 0.25) is 0 Å². The summed E-state index contributed by atoms with van der Waals surface area (Å²) >= 11 is 1.63. The van der Waals surface area contributed by atoms with E-state index in [-0.39, 0.29) is 0 Å². The van der Waals surface area contributed by atoms with E-state index in [1.54, 1.807) is 11.3 Å². The molecule has 1 aromatic carbocycles. The Bertz CT molecular complexity index is 618. The van der Waals surface area contributed by atoms with Crippen LogP contribution in [0.4, 0.5) is 5.69 Å². The number of hydrogen-bond donors (Lipinski definition) is 0. The van der Waals surface area contributed by atoms with Gasteiger partial charge in [-0.15, -0.1) is 11.3 Å². The molecule has 0 bridgehead atoms. The Morgan fingerprint density at radius 2 is 1.90 bits per heavy atom. The van der Waals surface area contributed by atoms with Crippen molar-refractivity contribution >= 4 is 17.0 Å². The molecule has 0 saturated heterocycles. The van der Waals surface area contributed by atoms with Gasteiger partial charge in [-0.05, 0) is 30.2 Å². The molecule has 104 valence electrons. The zero-order valence-corrected chi connectivity index (χ0v) is 13.2. The molecule has 0 radical (unpaired) electrons. The van der Waals surface area contributed by atoms with Gasteiger partial charge in [0.25, 0.3) is 0 Å². The fourth-order valence-corrected chi connectivity index (χ4v) is 3.19. The molecule has 2 aromatic rings. The zero-order valence-electron chi connectivity index (χ0n) is 12.3. The van der Waals surface area contributed by atoms with Crippen molar-refractivity contribution < 1.29 is 0 Å². The van der Waals surface area contributed by atoms with Crippen LogP contribution in [0.15, 0.2) is 24.3 Å². The van der Waals surface area contributed by atoms with Gasteiger partial charge in [0.1, 0.15) is 5.01 Å². The Kier molecular flexibility index (Phi) is 4.41. The molecule has 1 heterocycles. The van der Waals surface area contributed by atoms with E-state index < -0.39 is 0 Å². The monoisotopic (exact) mass is 285 g/mol. The van der Waals surface area contributed by atoms with Crippen LogP contribution in [0.3, 0.4) is 0 Å². The molecule has 0 aliphatic rings. The second kappa shape index (κ2) is 6.06. The Morgan fingerprint density at radius 1 is 1.25 bits per heavy atom. The first-order valence-corrected chi connectivity index (χ1v) is 7.49. The van der Waals surface area contributed by atoms with Crippen molar-refractivity contribution in [2.45, 2.75) is 26.2 Å². The first-order chi connectivity index (χ1) is 9.52. The van der Waals surface area contributed by atoms with E-state index in [1.165, 1.54) is 5.69 Å². The minimum Gasteiger partial charge on any atom is -0.378 e. The predicted octanol–water partition coefficient (Wildman–Crippen LogP) is 4.07. The molecule has 0 atom stereocenters. The van der Waals surface area contributed by atoms with Crippen molar-refractivity contribution in [1.29, 1.82) is 5.26 Å². The molecular weight excluding hydrogens is 266 g/mol. The summed E-state index contributed by atoms with van der Waals surface area (Å²) in [5.74, 6) is 0.351. The number of nitriles is 1. The van der Waals surface area contributed by atoms with Gasteiger partial charge < -0.3 is 4.90 Å². The first kappa shape index (κ1) is 14.5. The van der Waals surface area contributed by atoms with Crippen LogP contribution in [0.5, 0.6) is 0 Å². The summed E-state index contributed by atoms with van der Waals surface area (Å²) in [4.78, 5) is 7.89. The molecule has 0 spiro atoms. The van der Waals surface area contributed by atoms with Gasteiger partial charge in [-0.2, -0.15) is 5.26 Å². The van der Waals surface area contributed by atoms with Gasteiger partial charge in [0.15, 0.2) is 0 Å². The average molecular weight is 285 g/mol. The highest BCUT2D eigenvalue weighted by molar-refractivity contribution is 7.15. The maximum atomic E-state index is 8.93. The predicted molar refractivity (Wildman–Crippen MR) is 85.3 cm³/mol. The summed E-state index contributed by atoms with van der Waals surface area (Å²) in [7, 11) is 4.06. The van der Waals surface area contributed by atoms with Crippen molar-refractivity contribution in [3.8, 4) is 16.6 Å². The first-order valence-electron chi connectivity index (χ1n) is 6.67. The maximum Gasteiger partial charge on any atom is 0.123 e. The van der Waals surface area contributed by atoms with Crippen molar-refractivity contribution in [2.75, 3.05) is 19.0 Å². The lowest BCUT2D eigenvalue weighted by Gasteiger charge is -2.12. The minimum absolute atomic E-state index is 0.351. The highest BCUT2D eigenvalue weighted by Gasteiger charge is 2.15. The topological polar surface area (TPSA) is 39.9 Å². The summed E-state index contributed by atoms with van der Waals surface area (Å²) in [6.07, 6.45) is 0.445. The molecule has 4 heteroatoms. The molecule has 0 unspecified atom stereocenters. The van der Waals surface area contributed by atoms with E-state index in [1.807, 2.05) is 14.1 Å². The highest BCUT2D eigenvalue weighted by atomic mass is 32.1. The quantitative estimate of drug-likeness (QED) is 0.850. The standard InChI is InChI=1S/C16H19N3S/c1-11(2)15-14(9-10-17)20-16(18-15)12-5-7-13(8-6-12)19(3)4/h5-8,11H,9H2,1-4H3. The van der Waals surface area contributed by atoms with Crippen molar-refractivity contribution in [3.63, 3.8) is 0 Å². The normalized spacial score (nSPS) is 10.6. The highest BCUT2D eigenvalue weighted by Crippen LogP contribution is 2.32. The lowest BCUT2D eigenvalue weighted by molar-refractivity contribution is 0.822. The van der Waals surface area contributed by atoms with Crippen LogP contribution >= 0.6 is 11.3 Å². The Balaban J connectivity index is 2.37. The molecule has 0 fully saturated rings. The number of hydrogen-bond acceptors (Lipinski definition) is 4. The number of rotatable bonds is 4. The number of aromatic nitrogens is 1. The van der Waals surface area contributed by atoms with Gasteiger partial charge in [-0.25, -0.2) is 4.98 Å². The fourth-order valence-electron chi connectivity index (χ4n) is 2.04. The molecule has 0 saturated carbocycles. The fraction of sp³-hybridized carbons (Fsp3) is 0.375. The summed E-state index contributed by atoms with van der Waals surface area (Å²) in [6, 6.07) is 10.6. The third-order valence-electron chi connectivity index (χ3n) is 3.14. The lowest BCUT2D eigenvalue weighted by atomic mass is 10.1. The summed E-state index contributed by atoms with van der Waals surface area (Å²) < 4.78 is 0. The van der Waals surface area contributed by atoms with E-state index in [9.17, 15) is 0 Å². The molecule has 0 aliphatic carbocycles. The van der Waals surface area contributed by atoms with Gasteiger partial charge >= 0.3 is 0 Å². The number of thiazole rings is 1. The molecule has 1 aromatic heterocycles. The molecule has 2 rings (SSSR count). The number of nitrogens with zero attached hydrogens (tertiary/aromatic N) is 3. The largest absolute Gasteiger partial charge is 0.378 e. The molecular formula is C16H19N3S. The van der Waals surface area contributed by atoms with Gasteiger partial charge in [-0.3, -0.25) is 0 Å². The smallest absolute Gasteiger partial charge is 0.123 e.